The summed E-state index contributed by atoms with van der Waals surface area (Å²) in [6.07, 6.45) is 3.75. The van der Waals surface area contributed by atoms with Crippen molar-refractivity contribution in [3.8, 4) is 11.3 Å². The van der Waals surface area contributed by atoms with Crippen LogP contribution in [0.3, 0.4) is 0 Å². The van der Waals surface area contributed by atoms with Crippen LogP contribution in [0.5, 0.6) is 0 Å². The van der Waals surface area contributed by atoms with E-state index in [2.05, 4.69) is 20.3 Å². The molecule has 0 amide bonds. The average molecular weight is 357 g/mol. The highest BCUT2D eigenvalue weighted by atomic mass is 19.4. The second kappa shape index (κ2) is 5.60. The third-order valence-corrected chi connectivity index (χ3v) is 4.12. The fourth-order valence-electron chi connectivity index (χ4n) is 2.80. The smallest absolute Gasteiger partial charge is 0.394 e. The summed E-state index contributed by atoms with van der Waals surface area (Å²) in [7, 11) is 0. The number of quaternary nitrogens is 1. The van der Waals surface area contributed by atoms with Gasteiger partial charge in [0.05, 0.1) is 17.0 Å². The summed E-state index contributed by atoms with van der Waals surface area (Å²) in [6.45, 7) is 0. The van der Waals surface area contributed by atoms with E-state index in [0.717, 1.165) is 12.1 Å². The van der Waals surface area contributed by atoms with Crippen LogP contribution in [0.4, 0.5) is 19.0 Å². The summed E-state index contributed by atoms with van der Waals surface area (Å²) < 4.78 is 38.0. The largest absolute Gasteiger partial charge is 0.416 e. The van der Waals surface area contributed by atoms with E-state index in [1.165, 1.54) is 18.5 Å². The molecule has 4 rings (SSSR count). The molecular weight excluding hydrogens is 345 g/mol. The Kier molecular flexibility index (Phi) is 3.48. The number of alkyl halides is 3. The maximum Gasteiger partial charge on any atom is 0.416 e. The molecule has 9 heteroatoms. The predicted molar refractivity (Wildman–Crippen MR) is 88.6 cm³/mol. The lowest BCUT2D eigenvalue weighted by Crippen LogP contribution is -2.39. The van der Waals surface area contributed by atoms with Gasteiger partial charge in [0.1, 0.15) is 18.7 Å². The molecule has 2 aromatic rings. The molecule has 26 heavy (non-hydrogen) atoms. The number of fused-ring (bicyclic) bond motifs is 1. The van der Waals surface area contributed by atoms with Gasteiger partial charge in [-0.3, -0.25) is 0 Å². The first-order chi connectivity index (χ1) is 12.4. The molecule has 0 saturated carbocycles. The summed E-state index contributed by atoms with van der Waals surface area (Å²) in [5, 5.41) is 8.16. The molecule has 1 aromatic carbocycles. The van der Waals surface area contributed by atoms with E-state index in [1.807, 2.05) is 0 Å². The maximum atomic E-state index is 12.7. The first kappa shape index (κ1) is 16.2. The molecule has 2 aliphatic heterocycles. The molecule has 3 heterocycles. The third kappa shape index (κ3) is 2.49. The minimum absolute atomic E-state index is 0.140. The van der Waals surface area contributed by atoms with Gasteiger partial charge in [-0.05, 0) is 24.3 Å². The summed E-state index contributed by atoms with van der Waals surface area (Å²) in [4.78, 5) is 8.43. The Hall–Kier alpha value is -3.33. The Morgan fingerprint density at radius 2 is 1.81 bits per heavy atom. The van der Waals surface area contributed by atoms with Gasteiger partial charge in [-0.15, -0.1) is 5.11 Å². The van der Waals surface area contributed by atoms with Crippen molar-refractivity contribution in [2.75, 3.05) is 0 Å². The Balaban J connectivity index is 1.75. The van der Waals surface area contributed by atoms with Crippen LogP contribution in [-0.4, -0.2) is 9.97 Å². The predicted octanol–water partition coefficient (Wildman–Crippen LogP) is 4.06. The lowest BCUT2D eigenvalue weighted by Gasteiger charge is -2.25. The quantitative estimate of drug-likeness (QED) is 0.824. The van der Waals surface area contributed by atoms with Crippen LogP contribution in [0.25, 0.3) is 11.3 Å². The van der Waals surface area contributed by atoms with Crippen molar-refractivity contribution in [2.24, 2.45) is 16.1 Å². The molecule has 1 atom stereocenters. The van der Waals surface area contributed by atoms with E-state index in [-0.39, 0.29) is 4.59 Å². The fourth-order valence-corrected chi connectivity index (χ4v) is 2.80. The number of halogens is 3. The van der Waals surface area contributed by atoms with Crippen molar-refractivity contribution in [3.63, 3.8) is 0 Å². The Morgan fingerprint density at radius 1 is 1.04 bits per heavy atom. The summed E-state index contributed by atoms with van der Waals surface area (Å²) in [6, 6.07) is 6.44. The van der Waals surface area contributed by atoms with E-state index in [0.29, 0.717) is 28.5 Å². The van der Waals surface area contributed by atoms with Crippen LogP contribution < -0.4 is 10.3 Å². The molecule has 0 aliphatic carbocycles. The summed E-state index contributed by atoms with van der Waals surface area (Å²) in [5.74, 6) is 0.481. The number of nitrogens with two attached hydrogens (primary N) is 1. The van der Waals surface area contributed by atoms with Gasteiger partial charge in [0, 0.05) is 16.9 Å². The Morgan fingerprint density at radius 3 is 2.54 bits per heavy atom. The fraction of sp³-hybridized carbons (Fsp3) is 0.0588. The maximum absolute atomic E-state index is 12.7. The Labute approximate surface area is 146 Å². The minimum Gasteiger partial charge on any atom is -0.394 e. The van der Waals surface area contributed by atoms with Gasteiger partial charge in [0.2, 0.25) is 5.70 Å². The highest BCUT2D eigenvalue weighted by Gasteiger charge is 2.43. The molecule has 0 radical (unpaired) electrons. The number of benzene rings is 1. The third-order valence-electron chi connectivity index (χ3n) is 4.12. The van der Waals surface area contributed by atoms with Crippen LogP contribution in [-0.2, 0) is 6.18 Å². The zero-order valence-electron chi connectivity index (χ0n) is 13.2. The average Bonchev–Trinajstić information content (AvgIpc) is 3.08. The molecule has 130 valence electrons. The molecule has 2 N–H and O–H groups in total. The number of aromatic nitrogens is 2. The van der Waals surface area contributed by atoms with Crippen LogP contribution in [0.1, 0.15) is 5.56 Å². The molecule has 1 unspecified atom stereocenters. The number of nitrogens with zero attached hydrogens (tertiary/aromatic N) is 5. The van der Waals surface area contributed by atoms with Crippen LogP contribution in [0, 0.1) is 0 Å². The van der Waals surface area contributed by atoms with E-state index in [1.54, 1.807) is 30.6 Å². The van der Waals surface area contributed by atoms with Gasteiger partial charge >= 0.3 is 6.18 Å². The van der Waals surface area contributed by atoms with Gasteiger partial charge in [0.15, 0.2) is 0 Å². The van der Waals surface area contributed by atoms with Crippen molar-refractivity contribution in [1.29, 1.82) is 0 Å². The number of hydrogen-bond acceptors (Lipinski definition) is 5. The van der Waals surface area contributed by atoms with Crippen LogP contribution in [0.15, 0.2) is 82.9 Å². The number of hydrogen-bond donors (Lipinski definition) is 1. The number of rotatable bonds is 2. The van der Waals surface area contributed by atoms with Gasteiger partial charge in [-0.2, -0.15) is 18.2 Å². The summed E-state index contributed by atoms with van der Waals surface area (Å²) >= 11 is 0. The first-order valence-corrected chi connectivity index (χ1v) is 7.58. The lowest BCUT2D eigenvalue weighted by atomic mass is 10.1. The molecule has 2 aliphatic rings. The molecule has 6 nitrogen and oxygen atoms in total. The van der Waals surface area contributed by atoms with E-state index in [9.17, 15) is 13.2 Å². The van der Waals surface area contributed by atoms with Crippen molar-refractivity contribution in [3.05, 3.63) is 78.2 Å². The van der Waals surface area contributed by atoms with Gasteiger partial charge in [-0.1, -0.05) is 16.7 Å². The second-order valence-electron chi connectivity index (χ2n) is 5.70. The molecule has 0 bridgehead atoms. The van der Waals surface area contributed by atoms with Crippen LogP contribution >= 0.6 is 0 Å². The van der Waals surface area contributed by atoms with Crippen molar-refractivity contribution in [2.45, 2.75) is 6.18 Å². The van der Waals surface area contributed by atoms with Crippen molar-refractivity contribution >= 4 is 5.82 Å². The SMILES string of the molecule is NC1=CC=C[N+]2(c3cc(-c4ccc(C(F)(F)F)cc4)ncn3)N=NC=C12. The lowest BCUT2D eigenvalue weighted by molar-refractivity contribution is -0.137. The van der Waals surface area contributed by atoms with E-state index in [4.69, 9.17) is 5.73 Å². The first-order valence-electron chi connectivity index (χ1n) is 7.58. The molecule has 1 aromatic heterocycles. The second-order valence-corrected chi connectivity index (χ2v) is 5.70. The summed E-state index contributed by atoms with van der Waals surface area (Å²) in [5.41, 5.74) is 7.44. The van der Waals surface area contributed by atoms with E-state index >= 15 is 0 Å². The zero-order valence-corrected chi connectivity index (χ0v) is 13.2. The Bertz CT molecular complexity index is 988. The zero-order chi connectivity index (χ0) is 18.4. The molecule has 0 fully saturated rings. The highest BCUT2D eigenvalue weighted by molar-refractivity contribution is 5.64. The topological polar surface area (TPSA) is 76.5 Å². The van der Waals surface area contributed by atoms with Crippen molar-refractivity contribution in [1.82, 2.24) is 14.6 Å². The number of allylic oxidation sites excluding steroid dienone is 2. The monoisotopic (exact) mass is 357 g/mol. The normalized spacial score (nSPS) is 21.3. The molecular formula is C17H12F3N6+. The highest BCUT2D eigenvalue weighted by Crippen LogP contribution is 2.38. The molecule has 0 saturated heterocycles. The minimum atomic E-state index is -4.38. The van der Waals surface area contributed by atoms with Crippen molar-refractivity contribution < 1.29 is 13.2 Å². The standard InChI is InChI=1S/C17H12F3N6/c18-17(19,20)12-5-3-11(4-6-12)14-8-16(23-10-22-14)26-7-1-2-13(21)15(26)9-24-25-26/h1-10H,21H2/q+1. The van der Waals surface area contributed by atoms with E-state index < -0.39 is 11.7 Å². The molecule has 0 spiro atoms. The van der Waals surface area contributed by atoms with Gasteiger partial charge < -0.3 is 5.73 Å². The van der Waals surface area contributed by atoms with Gasteiger partial charge in [-0.25, -0.2) is 4.98 Å². The van der Waals surface area contributed by atoms with Gasteiger partial charge in [0.25, 0.3) is 5.82 Å². The van der Waals surface area contributed by atoms with Crippen LogP contribution in [0.2, 0.25) is 0 Å².